The van der Waals surface area contributed by atoms with Crippen LogP contribution in [0.2, 0.25) is 0 Å². The molecular formula is C20H35N3O7. The van der Waals surface area contributed by atoms with Crippen LogP contribution in [-0.4, -0.2) is 65.9 Å². The predicted molar refractivity (Wildman–Crippen MR) is 109 cm³/mol. The van der Waals surface area contributed by atoms with E-state index in [4.69, 9.17) is 14.3 Å². The third-order valence-corrected chi connectivity index (χ3v) is 4.22. The number of amides is 3. The molecule has 10 nitrogen and oxygen atoms in total. The van der Waals surface area contributed by atoms with E-state index in [1.807, 2.05) is 0 Å². The number of likely N-dealkylation sites (N-methyl/N-ethyl adjacent to an activating group) is 1. The van der Waals surface area contributed by atoms with Crippen molar-refractivity contribution < 1.29 is 33.5 Å². The molecule has 2 aliphatic carbocycles. The van der Waals surface area contributed by atoms with Gasteiger partial charge < -0.3 is 24.9 Å². The minimum absolute atomic E-state index is 0.258. The van der Waals surface area contributed by atoms with E-state index in [1.165, 1.54) is 14.2 Å². The lowest BCUT2D eigenvalue weighted by atomic mass is 10.2. The summed E-state index contributed by atoms with van der Waals surface area (Å²) in [6, 6.07) is 0. The Hall–Kier alpha value is -2.36. The first-order valence-corrected chi connectivity index (χ1v) is 9.88. The SMILES string of the molecule is CC(C)(C)OC(=O)NC1(C=O)CC1.CON(C)C(=O)C1(NC(=O)OC(C)(C)C)CC1. The molecule has 2 fully saturated rings. The lowest BCUT2D eigenvalue weighted by Gasteiger charge is -2.25. The van der Waals surface area contributed by atoms with E-state index in [1.54, 1.807) is 41.5 Å². The number of alkyl carbamates (subject to hydrolysis) is 2. The highest BCUT2D eigenvalue weighted by atomic mass is 16.7. The average molecular weight is 430 g/mol. The maximum Gasteiger partial charge on any atom is 0.408 e. The minimum Gasteiger partial charge on any atom is -0.444 e. The molecule has 0 saturated heterocycles. The lowest BCUT2D eigenvalue weighted by molar-refractivity contribution is -0.172. The van der Waals surface area contributed by atoms with Crippen molar-refractivity contribution in [3.05, 3.63) is 0 Å². The van der Waals surface area contributed by atoms with Crippen molar-refractivity contribution in [2.45, 2.75) is 89.5 Å². The first-order valence-electron chi connectivity index (χ1n) is 9.88. The Bertz CT molecular complexity index is 656. The van der Waals surface area contributed by atoms with Crippen LogP contribution < -0.4 is 10.6 Å². The van der Waals surface area contributed by atoms with Gasteiger partial charge in [-0.15, -0.1) is 0 Å². The molecule has 0 aromatic heterocycles. The van der Waals surface area contributed by atoms with Gasteiger partial charge in [-0.25, -0.2) is 14.7 Å². The number of nitrogens with zero attached hydrogens (tertiary/aromatic N) is 1. The first kappa shape index (κ1) is 25.7. The first-order chi connectivity index (χ1) is 13.6. The number of carbonyl (C=O) groups is 4. The van der Waals surface area contributed by atoms with Crippen LogP contribution in [0.1, 0.15) is 67.2 Å². The monoisotopic (exact) mass is 429 g/mol. The maximum atomic E-state index is 11.9. The molecule has 0 radical (unpaired) electrons. The fraction of sp³-hybridized carbons (Fsp3) is 0.800. The Labute approximate surface area is 177 Å². The van der Waals surface area contributed by atoms with Crippen molar-refractivity contribution in [2.75, 3.05) is 14.2 Å². The van der Waals surface area contributed by atoms with Crippen LogP contribution in [0.15, 0.2) is 0 Å². The quantitative estimate of drug-likeness (QED) is 0.508. The molecule has 0 unspecified atom stereocenters. The number of rotatable bonds is 5. The molecule has 2 N–H and O–H groups in total. The van der Waals surface area contributed by atoms with Crippen LogP contribution in [0, 0.1) is 0 Å². The standard InChI is InChI=1S/C11H20N2O4.C9H15NO3/c1-10(2,3)17-9(15)12-11(6-7-11)8(14)13(4)16-5;1-8(2,3)13-7(12)10-9(6-11)4-5-9/h6-7H2,1-5H3,(H,12,15);6H,4-5H2,1-3H3,(H,10,12). The predicted octanol–water partition coefficient (Wildman–Crippen LogP) is 2.31. The molecule has 0 bridgehead atoms. The summed E-state index contributed by atoms with van der Waals surface area (Å²) in [5, 5.41) is 6.27. The largest absolute Gasteiger partial charge is 0.444 e. The second-order valence-corrected chi connectivity index (χ2v) is 9.60. The zero-order valence-electron chi connectivity index (χ0n) is 19.2. The lowest BCUT2D eigenvalue weighted by Crippen LogP contribution is -2.50. The Morgan fingerprint density at radius 1 is 0.867 bits per heavy atom. The van der Waals surface area contributed by atoms with Gasteiger partial charge in [-0.3, -0.25) is 9.63 Å². The van der Waals surface area contributed by atoms with Crippen LogP contribution in [0.3, 0.4) is 0 Å². The van der Waals surface area contributed by atoms with Crippen LogP contribution in [0.25, 0.3) is 0 Å². The summed E-state index contributed by atoms with van der Waals surface area (Å²) >= 11 is 0. The number of carbonyl (C=O) groups excluding carboxylic acids is 4. The average Bonchev–Trinajstić information content (AvgIpc) is 3.48. The van der Waals surface area contributed by atoms with Gasteiger partial charge in [0.2, 0.25) is 0 Å². The summed E-state index contributed by atoms with van der Waals surface area (Å²) in [7, 11) is 2.92. The molecular weight excluding hydrogens is 394 g/mol. The third-order valence-electron chi connectivity index (χ3n) is 4.22. The van der Waals surface area contributed by atoms with Gasteiger partial charge in [-0.1, -0.05) is 0 Å². The van der Waals surface area contributed by atoms with Gasteiger partial charge >= 0.3 is 12.2 Å². The summed E-state index contributed by atoms with van der Waals surface area (Å²) < 4.78 is 10.1. The van der Waals surface area contributed by atoms with Crippen LogP contribution in [0.4, 0.5) is 9.59 Å². The van der Waals surface area contributed by atoms with E-state index in [0.717, 1.165) is 24.2 Å². The summed E-state index contributed by atoms with van der Waals surface area (Å²) in [5.74, 6) is -0.258. The van der Waals surface area contributed by atoms with E-state index in [2.05, 4.69) is 10.6 Å². The zero-order chi connectivity index (χ0) is 23.4. The van der Waals surface area contributed by atoms with Crippen molar-refractivity contribution >= 4 is 24.4 Å². The fourth-order valence-corrected chi connectivity index (χ4v) is 2.31. The van der Waals surface area contributed by atoms with Crippen LogP contribution >= 0.6 is 0 Å². The summed E-state index contributed by atoms with van der Waals surface area (Å²) in [5.41, 5.74) is -2.55. The normalized spacial score (nSPS) is 18.0. The molecule has 0 atom stereocenters. The number of hydroxylamine groups is 2. The number of ether oxygens (including phenoxy) is 2. The Kier molecular flexibility index (Phi) is 7.87. The van der Waals surface area contributed by atoms with Crippen molar-refractivity contribution in [2.24, 2.45) is 0 Å². The molecule has 2 saturated carbocycles. The summed E-state index contributed by atoms with van der Waals surface area (Å²) in [6.07, 6.45) is 2.34. The fourth-order valence-electron chi connectivity index (χ4n) is 2.31. The highest BCUT2D eigenvalue weighted by molar-refractivity contribution is 5.92. The van der Waals surface area contributed by atoms with E-state index < -0.39 is 34.5 Å². The molecule has 30 heavy (non-hydrogen) atoms. The number of hydrogen-bond acceptors (Lipinski definition) is 7. The maximum absolute atomic E-state index is 11.9. The molecule has 172 valence electrons. The Balaban J connectivity index is 0.000000311. The highest BCUT2D eigenvalue weighted by Crippen LogP contribution is 2.37. The van der Waals surface area contributed by atoms with Crippen molar-refractivity contribution in [3.63, 3.8) is 0 Å². The van der Waals surface area contributed by atoms with E-state index in [0.29, 0.717) is 12.8 Å². The molecule has 0 heterocycles. The summed E-state index contributed by atoms with van der Waals surface area (Å²) in [4.78, 5) is 50.0. The molecule has 0 aromatic rings. The number of hydrogen-bond donors (Lipinski definition) is 2. The van der Waals surface area contributed by atoms with Gasteiger partial charge in [-0.2, -0.15) is 0 Å². The van der Waals surface area contributed by atoms with Crippen LogP contribution in [0.5, 0.6) is 0 Å². The highest BCUT2D eigenvalue weighted by Gasteiger charge is 2.53. The zero-order valence-corrected chi connectivity index (χ0v) is 19.2. The smallest absolute Gasteiger partial charge is 0.408 e. The van der Waals surface area contributed by atoms with Crippen molar-refractivity contribution in [1.29, 1.82) is 0 Å². The molecule has 0 aliphatic heterocycles. The minimum atomic E-state index is -0.840. The molecule has 0 aromatic carbocycles. The van der Waals surface area contributed by atoms with Gasteiger partial charge in [0, 0.05) is 7.05 Å². The van der Waals surface area contributed by atoms with Crippen molar-refractivity contribution in [3.8, 4) is 0 Å². The number of nitrogens with one attached hydrogen (secondary N) is 2. The molecule has 0 spiro atoms. The third kappa shape index (κ3) is 8.56. The van der Waals surface area contributed by atoms with E-state index in [-0.39, 0.29) is 5.91 Å². The summed E-state index contributed by atoms with van der Waals surface area (Å²) in [6.45, 7) is 10.7. The Morgan fingerprint density at radius 3 is 1.60 bits per heavy atom. The van der Waals surface area contributed by atoms with Gasteiger partial charge in [0.25, 0.3) is 5.91 Å². The van der Waals surface area contributed by atoms with Gasteiger partial charge in [0.05, 0.1) is 12.6 Å². The number of aldehydes is 1. The topological polar surface area (TPSA) is 123 Å². The second kappa shape index (κ2) is 9.20. The Morgan fingerprint density at radius 2 is 1.30 bits per heavy atom. The second-order valence-electron chi connectivity index (χ2n) is 9.60. The van der Waals surface area contributed by atoms with Gasteiger partial charge in [-0.05, 0) is 67.2 Å². The van der Waals surface area contributed by atoms with Gasteiger partial charge in [0.1, 0.15) is 23.0 Å². The van der Waals surface area contributed by atoms with E-state index >= 15 is 0 Å². The molecule has 2 aliphatic rings. The van der Waals surface area contributed by atoms with Crippen molar-refractivity contribution in [1.82, 2.24) is 15.7 Å². The molecule has 2 rings (SSSR count). The van der Waals surface area contributed by atoms with E-state index in [9.17, 15) is 19.2 Å². The molecule has 3 amide bonds. The van der Waals surface area contributed by atoms with Gasteiger partial charge in [0.15, 0.2) is 0 Å². The van der Waals surface area contributed by atoms with Crippen LogP contribution in [-0.2, 0) is 23.9 Å². The molecule has 10 heteroatoms.